The summed E-state index contributed by atoms with van der Waals surface area (Å²) in [7, 11) is 1.97. The zero-order valence-electron chi connectivity index (χ0n) is 14.3. The lowest BCUT2D eigenvalue weighted by molar-refractivity contribution is 0.102. The first-order valence-electron chi connectivity index (χ1n) is 7.74. The fourth-order valence-electron chi connectivity index (χ4n) is 2.50. The third-order valence-corrected chi connectivity index (χ3v) is 5.05. The molecule has 3 aromatic rings. The van der Waals surface area contributed by atoms with Gasteiger partial charge in [0.25, 0.3) is 0 Å². The van der Waals surface area contributed by atoms with E-state index in [4.69, 9.17) is 0 Å². The number of rotatable bonds is 5. The number of hydrogen-bond acceptors (Lipinski definition) is 4. The quantitative estimate of drug-likeness (QED) is 0.568. The van der Waals surface area contributed by atoms with Gasteiger partial charge in [0.1, 0.15) is 0 Å². The Hall–Kier alpha value is -2.34. The minimum absolute atomic E-state index is 0.0999. The molecule has 1 aromatic carbocycles. The first kappa shape index (κ1) is 16.5. The van der Waals surface area contributed by atoms with Crippen LogP contribution in [0.4, 0.5) is 0 Å². The molecule has 0 radical (unpaired) electrons. The molecule has 0 bridgehead atoms. The Labute approximate surface area is 145 Å². The Morgan fingerprint density at radius 2 is 1.92 bits per heavy atom. The molecule has 0 spiro atoms. The fourth-order valence-corrected chi connectivity index (χ4v) is 3.18. The summed E-state index contributed by atoms with van der Waals surface area (Å²) in [6, 6.07) is 10.0. The van der Waals surface area contributed by atoms with Gasteiger partial charge in [0.15, 0.2) is 11.6 Å². The molecule has 0 aliphatic carbocycles. The summed E-state index contributed by atoms with van der Waals surface area (Å²) in [6.07, 6.45) is 0. The van der Waals surface area contributed by atoms with Gasteiger partial charge in [-0.05, 0) is 26.8 Å². The first-order valence-corrected chi connectivity index (χ1v) is 8.72. The summed E-state index contributed by atoms with van der Waals surface area (Å²) in [6.45, 7) is 6.01. The Kier molecular flexibility index (Phi) is 4.57. The number of ketones is 1. The van der Waals surface area contributed by atoms with Crippen LogP contribution in [0.25, 0.3) is 11.4 Å². The van der Waals surface area contributed by atoms with Crippen LogP contribution >= 0.6 is 11.8 Å². The van der Waals surface area contributed by atoms with E-state index in [0.717, 1.165) is 28.3 Å². The van der Waals surface area contributed by atoms with Crippen molar-refractivity contribution in [2.75, 3.05) is 5.75 Å². The number of aryl methyl sites for hydroxylation is 2. The van der Waals surface area contributed by atoms with Crippen molar-refractivity contribution in [3.05, 3.63) is 52.8 Å². The minimum atomic E-state index is 0.0999. The molecule has 24 heavy (non-hydrogen) atoms. The number of nitrogens with one attached hydrogen (secondary N) is 1. The summed E-state index contributed by atoms with van der Waals surface area (Å²) >= 11 is 1.35. The molecule has 0 saturated heterocycles. The Balaban J connectivity index is 1.68. The van der Waals surface area contributed by atoms with Gasteiger partial charge in [0.05, 0.1) is 5.75 Å². The van der Waals surface area contributed by atoms with Crippen LogP contribution in [0.2, 0.25) is 0 Å². The van der Waals surface area contributed by atoms with E-state index in [1.54, 1.807) is 0 Å². The summed E-state index contributed by atoms with van der Waals surface area (Å²) in [5.41, 5.74) is 5.04. The van der Waals surface area contributed by atoms with E-state index in [2.05, 4.69) is 15.2 Å². The predicted octanol–water partition coefficient (Wildman–Crippen LogP) is 3.71. The Morgan fingerprint density at radius 1 is 1.21 bits per heavy atom. The van der Waals surface area contributed by atoms with E-state index in [9.17, 15) is 4.79 Å². The summed E-state index contributed by atoms with van der Waals surface area (Å²) in [5.74, 6) is 1.15. The monoisotopic (exact) mass is 340 g/mol. The highest BCUT2D eigenvalue weighted by Crippen LogP contribution is 2.22. The molecule has 5 nitrogen and oxygen atoms in total. The van der Waals surface area contributed by atoms with Gasteiger partial charge in [-0.15, -0.1) is 5.10 Å². The number of H-pyrrole nitrogens is 1. The smallest absolute Gasteiger partial charge is 0.209 e. The number of carbonyl (C=O) groups is 1. The summed E-state index contributed by atoms with van der Waals surface area (Å²) < 4.78 is 2.03. The van der Waals surface area contributed by atoms with Crippen LogP contribution < -0.4 is 0 Å². The van der Waals surface area contributed by atoms with Crippen molar-refractivity contribution in [2.24, 2.45) is 7.05 Å². The highest BCUT2D eigenvalue weighted by Gasteiger charge is 2.15. The van der Waals surface area contributed by atoms with Gasteiger partial charge in [-0.1, -0.05) is 41.6 Å². The zero-order chi connectivity index (χ0) is 17.3. The number of carbonyl (C=O) groups excluding carboxylic acids is 1. The molecule has 0 unspecified atom stereocenters. The first-order chi connectivity index (χ1) is 11.5. The average Bonchev–Trinajstić information content (AvgIpc) is 3.14. The topological polar surface area (TPSA) is 63.6 Å². The third-order valence-electron chi connectivity index (χ3n) is 4.20. The van der Waals surface area contributed by atoms with Crippen LogP contribution in [0.15, 0.2) is 35.5 Å². The second-order valence-corrected chi connectivity index (χ2v) is 6.83. The van der Waals surface area contributed by atoms with E-state index >= 15 is 0 Å². The molecule has 2 heterocycles. The van der Waals surface area contributed by atoms with Crippen molar-refractivity contribution in [1.29, 1.82) is 0 Å². The highest BCUT2D eigenvalue weighted by atomic mass is 32.2. The molecule has 0 atom stereocenters. The standard InChI is InChI=1S/C18H20N4OS/c1-11-5-7-14(8-6-11)17-19-18(21-20-17)24-10-16(23)15-9-12(2)22(4)13(15)3/h5-9H,10H2,1-4H3,(H,19,20,21). The van der Waals surface area contributed by atoms with Gasteiger partial charge in [-0.25, -0.2) is 4.98 Å². The van der Waals surface area contributed by atoms with Crippen molar-refractivity contribution < 1.29 is 4.79 Å². The number of thioether (sulfide) groups is 1. The SMILES string of the molecule is Cc1ccc(-c2nc(SCC(=O)c3cc(C)n(C)c3C)n[nH]2)cc1. The molecule has 2 aromatic heterocycles. The summed E-state index contributed by atoms with van der Waals surface area (Å²) in [5, 5.41) is 7.71. The number of nitrogens with zero attached hydrogens (tertiary/aromatic N) is 3. The van der Waals surface area contributed by atoms with Crippen LogP contribution in [0.1, 0.15) is 27.3 Å². The van der Waals surface area contributed by atoms with E-state index in [1.807, 2.05) is 62.7 Å². The normalized spacial score (nSPS) is 11.0. The van der Waals surface area contributed by atoms with Crippen LogP contribution in [0.3, 0.4) is 0 Å². The van der Waals surface area contributed by atoms with E-state index in [1.165, 1.54) is 17.3 Å². The van der Waals surface area contributed by atoms with Crippen molar-refractivity contribution in [3.63, 3.8) is 0 Å². The Bertz CT molecular complexity index is 877. The van der Waals surface area contributed by atoms with E-state index in [0.29, 0.717) is 10.9 Å². The van der Waals surface area contributed by atoms with Crippen molar-refractivity contribution in [3.8, 4) is 11.4 Å². The van der Waals surface area contributed by atoms with Crippen LogP contribution in [-0.4, -0.2) is 31.3 Å². The number of Topliss-reactive ketones (excluding diaryl/α,β-unsaturated/α-hetero) is 1. The fraction of sp³-hybridized carbons (Fsp3) is 0.278. The van der Waals surface area contributed by atoms with E-state index in [-0.39, 0.29) is 5.78 Å². The molecule has 1 N–H and O–H groups in total. The maximum absolute atomic E-state index is 12.4. The van der Waals surface area contributed by atoms with Gasteiger partial charge in [0.2, 0.25) is 5.16 Å². The molecule has 0 saturated carbocycles. The molecule has 124 valence electrons. The van der Waals surface area contributed by atoms with E-state index < -0.39 is 0 Å². The van der Waals surface area contributed by atoms with Crippen molar-refractivity contribution in [2.45, 2.75) is 25.9 Å². The second kappa shape index (κ2) is 6.65. The van der Waals surface area contributed by atoms with Gasteiger partial charge in [-0.3, -0.25) is 9.89 Å². The van der Waals surface area contributed by atoms with Crippen molar-refractivity contribution >= 4 is 17.5 Å². The number of aromatic amines is 1. The lowest BCUT2D eigenvalue weighted by Gasteiger charge is -2.01. The van der Waals surface area contributed by atoms with Gasteiger partial charge >= 0.3 is 0 Å². The number of benzene rings is 1. The minimum Gasteiger partial charge on any atom is -0.351 e. The lowest BCUT2D eigenvalue weighted by atomic mass is 10.1. The molecule has 0 fully saturated rings. The van der Waals surface area contributed by atoms with Crippen LogP contribution in [0, 0.1) is 20.8 Å². The Morgan fingerprint density at radius 3 is 2.54 bits per heavy atom. The van der Waals surface area contributed by atoms with Gasteiger partial charge in [0, 0.05) is 29.6 Å². The second-order valence-electron chi connectivity index (χ2n) is 5.89. The maximum atomic E-state index is 12.4. The predicted molar refractivity (Wildman–Crippen MR) is 96.5 cm³/mol. The number of hydrogen-bond donors (Lipinski definition) is 1. The lowest BCUT2D eigenvalue weighted by Crippen LogP contribution is -2.04. The number of aromatic nitrogens is 4. The molecule has 6 heteroatoms. The largest absolute Gasteiger partial charge is 0.351 e. The molecule has 0 amide bonds. The summed E-state index contributed by atoms with van der Waals surface area (Å²) in [4.78, 5) is 16.9. The van der Waals surface area contributed by atoms with Crippen LogP contribution in [-0.2, 0) is 7.05 Å². The third kappa shape index (κ3) is 3.28. The average molecular weight is 340 g/mol. The highest BCUT2D eigenvalue weighted by molar-refractivity contribution is 7.99. The zero-order valence-corrected chi connectivity index (χ0v) is 15.1. The van der Waals surface area contributed by atoms with Gasteiger partial charge < -0.3 is 4.57 Å². The maximum Gasteiger partial charge on any atom is 0.209 e. The molecular formula is C18H20N4OS. The molecular weight excluding hydrogens is 320 g/mol. The molecule has 0 aliphatic rings. The van der Waals surface area contributed by atoms with Gasteiger partial charge in [-0.2, -0.15) is 0 Å². The van der Waals surface area contributed by atoms with Crippen molar-refractivity contribution in [1.82, 2.24) is 19.7 Å². The van der Waals surface area contributed by atoms with Crippen LogP contribution in [0.5, 0.6) is 0 Å². The molecule has 0 aliphatic heterocycles. The molecule has 3 rings (SSSR count).